The number of nitrogens with zero attached hydrogens (tertiary/aromatic N) is 1. The Morgan fingerprint density at radius 3 is 2.00 bits per heavy atom. The molecule has 0 radical (unpaired) electrons. The van der Waals surface area contributed by atoms with Crippen molar-refractivity contribution >= 4 is 17.6 Å². The molecule has 0 aromatic heterocycles. The van der Waals surface area contributed by atoms with E-state index in [0.29, 0.717) is 0 Å². The first-order valence-electron chi connectivity index (χ1n) is 6.75. The summed E-state index contributed by atoms with van der Waals surface area (Å²) in [5.41, 5.74) is 2.53. The number of anilines is 1. The van der Waals surface area contributed by atoms with Crippen molar-refractivity contribution in [3.05, 3.63) is 29.3 Å². The highest BCUT2D eigenvalue weighted by atomic mass is 16.4. The Bertz CT molecular complexity index is 557. The number of aliphatic carboxylic acids is 1. The second kappa shape index (κ2) is 4.62. The summed E-state index contributed by atoms with van der Waals surface area (Å²) in [6, 6.07) is 5.93. The van der Waals surface area contributed by atoms with Crippen molar-refractivity contribution in [2.24, 2.45) is 17.3 Å². The molecular formula is C16H21NO3. The molecule has 1 amide bonds. The third-order valence-corrected chi connectivity index (χ3v) is 4.28. The molecule has 2 unspecified atom stereocenters. The Balaban J connectivity index is 2.24. The summed E-state index contributed by atoms with van der Waals surface area (Å²) in [6.07, 6.45) is 0. The van der Waals surface area contributed by atoms with Crippen LogP contribution in [0.1, 0.15) is 25.0 Å². The summed E-state index contributed by atoms with van der Waals surface area (Å²) in [5, 5.41) is 9.18. The van der Waals surface area contributed by atoms with E-state index in [2.05, 4.69) is 0 Å². The Labute approximate surface area is 119 Å². The standard InChI is InChI=1S/C16H21NO3/c1-9-6-10(2)8-11(7-9)17(5)14(18)12-13(15(19)20)16(12,3)4/h6-8,12-13H,1-5H3,(H,19,20). The number of benzene rings is 1. The van der Waals surface area contributed by atoms with Crippen LogP contribution < -0.4 is 4.90 Å². The lowest BCUT2D eigenvalue weighted by atomic mass is 10.1. The first-order valence-corrected chi connectivity index (χ1v) is 6.75. The van der Waals surface area contributed by atoms with Gasteiger partial charge in [-0.1, -0.05) is 19.9 Å². The molecule has 2 atom stereocenters. The monoisotopic (exact) mass is 275 g/mol. The molecule has 2 rings (SSSR count). The second-order valence-corrected chi connectivity index (χ2v) is 6.36. The molecule has 0 spiro atoms. The molecule has 1 aromatic carbocycles. The lowest BCUT2D eigenvalue weighted by Gasteiger charge is -2.19. The molecule has 1 N–H and O–H groups in total. The van der Waals surface area contributed by atoms with Crippen molar-refractivity contribution in [3.8, 4) is 0 Å². The number of carboxylic acids is 1. The van der Waals surface area contributed by atoms with Gasteiger partial charge >= 0.3 is 5.97 Å². The summed E-state index contributed by atoms with van der Waals surface area (Å²) in [4.78, 5) is 25.3. The van der Waals surface area contributed by atoms with Gasteiger partial charge in [0.05, 0.1) is 11.8 Å². The van der Waals surface area contributed by atoms with E-state index in [-0.39, 0.29) is 5.91 Å². The Kier molecular flexibility index (Phi) is 3.36. The first-order chi connectivity index (χ1) is 9.16. The SMILES string of the molecule is Cc1cc(C)cc(N(C)C(=O)C2C(C(=O)O)C2(C)C)c1. The third-order valence-electron chi connectivity index (χ3n) is 4.28. The van der Waals surface area contributed by atoms with Crippen molar-refractivity contribution in [3.63, 3.8) is 0 Å². The van der Waals surface area contributed by atoms with Gasteiger partial charge in [0.2, 0.25) is 5.91 Å². The largest absolute Gasteiger partial charge is 0.481 e. The van der Waals surface area contributed by atoms with Gasteiger partial charge in [0.25, 0.3) is 0 Å². The van der Waals surface area contributed by atoms with Gasteiger partial charge in [0.15, 0.2) is 0 Å². The number of carboxylic acid groups (broad SMARTS) is 1. The van der Waals surface area contributed by atoms with E-state index in [4.69, 9.17) is 0 Å². The highest BCUT2D eigenvalue weighted by Gasteiger charge is 2.66. The maximum atomic E-state index is 12.5. The Morgan fingerprint density at radius 1 is 1.10 bits per heavy atom. The van der Waals surface area contributed by atoms with E-state index < -0.39 is 23.2 Å². The fraction of sp³-hybridized carbons (Fsp3) is 0.500. The van der Waals surface area contributed by atoms with Gasteiger partial charge in [0.1, 0.15) is 0 Å². The van der Waals surface area contributed by atoms with E-state index in [0.717, 1.165) is 16.8 Å². The van der Waals surface area contributed by atoms with E-state index in [9.17, 15) is 14.7 Å². The molecule has 1 saturated carbocycles. The molecule has 20 heavy (non-hydrogen) atoms. The second-order valence-electron chi connectivity index (χ2n) is 6.36. The molecule has 0 aliphatic heterocycles. The van der Waals surface area contributed by atoms with Gasteiger partial charge in [-0.3, -0.25) is 9.59 Å². The fourth-order valence-corrected chi connectivity index (χ4v) is 3.04. The van der Waals surface area contributed by atoms with Crippen LogP contribution in [0.4, 0.5) is 5.69 Å². The average Bonchev–Trinajstić information content (AvgIpc) is 2.89. The molecule has 1 fully saturated rings. The zero-order valence-corrected chi connectivity index (χ0v) is 12.6. The molecule has 1 aliphatic carbocycles. The van der Waals surface area contributed by atoms with E-state index in [1.54, 1.807) is 11.9 Å². The van der Waals surface area contributed by atoms with Crippen LogP contribution in [0, 0.1) is 31.1 Å². The number of aryl methyl sites for hydroxylation is 2. The summed E-state index contributed by atoms with van der Waals surface area (Å²) in [5.74, 6) is -2.02. The lowest BCUT2D eigenvalue weighted by Crippen LogP contribution is -2.30. The average molecular weight is 275 g/mol. The molecule has 0 heterocycles. The van der Waals surface area contributed by atoms with Crippen LogP contribution in [0.3, 0.4) is 0 Å². The summed E-state index contributed by atoms with van der Waals surface area (Å²) in [6.45, 7) is 7.64. The Morgan fingerprint density at radius 2 is 1.60 bits per heavy atom. The van der Waals surface area contributed by atoms with Crippen molar-refractivity contribution in [1.29, 1.82) is 0 Å². The molecule has 4 heteroatoms. The molecule has 108 valence electrons. The van der Waals surface area contributed by atoms with Crippen molar-refractivity contribution in [2.45, 2.75) is 27.7 Å². The lowest BCUT2D eigenvalue weighted by molar-refractivity contribution is -0.140. The van der Waals surface area contributed by atoms with Crippen LogP contribution in [0.25, 0.3) is 0 Å². The van der Waals surface area contributed by atoms with E-state index in [1.807, 2.05) is 45.9 Å². The fourth-order valence-electron chi connectivity index (χ4n) is 3.04. The number of amides is 1. The van der Waals surface area contributed by atoms with Crippen molar-refractivity contribution in [1.82, 2.24) is 0 Å². The number of carbonyl (C=O) groups excluding carboxylic acids is 1. The van der Waals surface area contributed by atoms with Crippen LogP contribution in [0.15, 0.2) is 18.2 Å². The normalized spacial score (nSPS) is 23.2. The maximum Gasteiger partial charge on any atom is 0.307 e. The molecular weight excluding hydrogens is 254 g/mol. The summed E-state index contributed by atoms with van der Waals surface area (Å²) in [7, 11) is 1.71. The van der Waals surface area contributed by atoms with Crippen LogP contribution in [-0.2, 0) is 9.59 Å². The van der Waals surface area contributed by atoms with Crippen molar-refractivity contribution in [2.75, 3.05) is 11.9 Å². The highest BCUT2D eigenvalue weighted by molar-refractivity contribution is 6.01. The highest BCUT2D eigenvalue weighted by Crippen LogP contribution is 2.59. The number of carbonyl (C=O) groups is 2. The van der Waals surface area contributed by atoms with Gasteiger partial charge in [0, 0.05) is 12.7 Å². The van der Waals surface area contributed by atoms with Gasteiger partial charge < -0.3 is 10.0 Å². The predicted molar refractivity (Wildman–Crippen MR) is 77.7 cm³/mol. The quantitative estimate of drug-likeness (QED) is 0.922. The molecule has 0 saturated heterocycles. The smallest absolute Gasteiger partial charge is 0.307 e. The van der Waals surface area contributed by atoms with Gasteiger partial charge in [-0.15, -0.1) is 0 Å². The number of hydrogen-bond donors (Lipinski definition) is 1. The Hall–Kier alpha value is -1.84. The zero-order chi connectivity index (χ0) is 15.2. The minimum absolute atomic E-state index is 0.118. The molecule has 0 bridgehead atoms. The summed E-state index contributed by atoms with van der Waals surface area (Å²) >= 11 is 0. The van der Waals surface area contributed by atoms with Crippen LogP contribution in [0.5, 0.6) is 0 Å². The predicted octanol–water partition coefficient (Wildman–Crippen LogP) is 2.62. The van der Waals surface area contributed by atoms with Crippen LogP contribution in [0.2, 0.25) is 0 Å². The van der Waals surface area contributed by atoms with E-state index >= 15 is 0 Å². The minimum Gasteiger partial charge on any atom is -0.481 e. The summed E-state index contributed by atoms with van der Waals surface area (Å²) < 4.78 is 0. The number of rotatable bonds is 3. The van der Waals surface area contributed by atoms with Crippen LogP contribution >= 0.6 is 0 Å². The van der Waals surface area contributed by atoms with E-state index in [1.165, 1.54) is 0 Å². The maximum absolute atomic E-state index is 12.5. The van der Waals surface area contributed by atoms with Crippen LogP contribution in [-0.4, -0.2) is 24.0 Å². The minimum atomic E-state index is -0.887. The van der Waals surface area contributed by atoms with Crippen molar-refractivity contribution < 1.29 is 14.7 Å². The molecule has 4 nitrogen and oxygen atoms in total. The van der Waals surface area contributed by atoms with Gasteiger partial charge in [-0.2, -0.15) is 0 Å². The zero-order valence-electron chi connectivity index (χ0n) is 12.6. The van der Waals surface area contributed by atoms with Gasteiger partial charge in [-0.05, 0) is 42.5 Å². The third kappa shape index (κ3) is 2.30. The topological polar surface area (TPSA) is 57.6 Å². The molecule has 1 aromatic rings. The number of hydrogen-bond acceptors (Lipinski definition) is 2. The van der Waals surface area contributed by atoms with Gasteiger partial charge in [-0.25, -0.2) is 0 Å². The molecule has 1 aliphatic rings. The first kappa shape index (κ1) is 14.6.